The maximum absolute atomic E-state index is 10.6. The fourth-order valence-corrected chi connectivity index (χ4v) is 1.72. The van der Waals surface area contributed by atoms with Gasteiger partial charge in [0.15, 0.2) is 0 Å². The van der Waals surface area contributed by atoms with E-state index >= 15 is 0 Å². The average molecular weight is 183 g/mol. The molecule has 1 saturated carbocycles. The molecule has 0 spiro atoms. The van der Waals surface area contributed by atoms with Gasteiger partial charge in [-0.1, -0.05) is 12.8 Å². The van der Waals surface area contributed by atoms with Gasteiger partial charge in [0.25, 0.3) is 0 Å². The van der Waals surface area contributed by atoms with Crippen LogP contribution in [0, 0.1) is 5.92 Å². The van der Waals surface area contributed by atoms with Crippen LogP contribution >= 0.6 is 0 Å². The summed E-state index contributed by atoms with van der Waals surface area (Å²) in [5.41, 5.74) is 0. The Morgan fingerprint density at radius 3 is 2.54 bits per heavy atom. The first-order chi connectivity index (χ1) is 6.24. The summed E-state index contributed by atoms with van der Waals surface area (Å²) in [6, 6.07) is -0.446. The predicted octanol–water partition coefficient (Wildman–Crippen LogP) is 0.899. The molecule has 0 aromatic rings. The number of hydrogen-bond donors (Lipinski definition) is 1. The quantitative estimate of drug-likeness (QED) is 0.520. The molecule has 0 aliphatic heterocycles. The number of carbonyl (C=O) groups is 2. The van der Waals surface area contributed by atoms with Gasteiger partial charge >= 0.3 is 5.97 Å². The van der Waals surface area contributed by atoms with Crippen molar-refractivity contribution < 1.29 is 14.7 Å². The molecule has 0 aromatic heterocycles. The van der Waals surface area contributed by atoms with Crippen LogP contribution in [0.2, 0.25) is 0 Å². The first-order valence-electron chi connectivity index (χ1n) is 4.45. The Morgan fingerprint density at radius 1 is 1.46 bits per heavy atom. The maximum Gasteiger partial charge on any atom is 0.346 e. The van der Waals surface area contributed by atoms with Gasteiger partial charge in [0.2, 0.25) is 0 Å². The Labute approximate surface area is 76.7 Å². The zero-order valence-corrected chi connectivity index (χ0v) is 7.35. The highest BCUT2D eigenvalue weighted by molar-refractivity contribution is 6.22. The van der Waals surface area contributed by atoms with E-state index in [4.69, 9.17) is 5.11 Å². The number of hydrogen-bond acceptors (Lipinski definition) is 3. The number of carbonyl (C=O) groups excluding carboxylic acids is 1. The van der Waals surface area contributed by atoms with Gasteiger partial charge in [-0.25, -0.2) is 4.79 Å². The van der Waals surface area contributed by atoms with E-state index in [0.29, 0.717) is 0 Å². The van der Waals surface area contributed by atoms with Gasteiger partial charge in [-0.05, 0) is 18.8 Å². The molecule has 4 nitrogen and oxygen atoms in total. The van der Waals surface area contributed by atoms with Crippen molar-refractivity contribution in [2.75, 3.05) is 0 Å². The van der Waals surface area contributed by atoms with E-state index in [9.17, 15) is 9.59 Å². The van der Waals surface area contributed by atoms with Crippen LogP contribution in [0.4, 0.5) is 0 Å². The van der Waals surface area contributed by atoms with Crippen molar-refractivity contribution in [3.63, 3.8) is 0 Å². The number of carboxylic acid groups (broad SMARTS) is 1. The third-order valence-corrected chi connectivity index (χ3v) is 2.38. The molecule has 0 unspecified atom stereocenters. The van der Waals surface area contributed by atoms with Gasteiger partial charge in [0, 0.05) is 0 Å². The predicted molar refractivity (Wildman–Crippen MR) is 47.9 cm³/mol. The van der Waals surface area contributed by atoms with Crippen LogP contribution in [0.25, 0.3) is 0 Å². The first kappa shape index (κ1) is 9.89. The second kappa shape index (κ2) is 4.74. The van der Waals surface area contributed by atoms with Crippen LogP contribution in [0.5, 0.6) is 0 Å². The molecule has 1 rings (SSSR count). The first-order valence-corrected chi connectivity index (χ1v) is 4.45. The standard InChI is InChI=1S/C9H13NO3/c11-6-8(10-5-9(12)13)7-3-1-2-4-7/h5-8H,1-4H2,(H,12,13)/t8-/m1/s1. The van der Waals surface area contributed by atoms with Gasteiger partial charge in [-0.3, -0.25) is 4.99 Å². The third kappa shape index (κ3) is 2.97. The number of rotatable bonds is 4. The van der Waals surface area contributed by atoms with Gasteiger partial charge < -0.3 is 9.90 Å². The van der Waals surface area contributed by atoms with Crippen molar-refractivity contribution in [3.8, 4) is 0 Å². The van der Waals surface area contributed by atoms with Gasteiger partial charge in [0.1, 0.15) is 18.5 Å². The summed E-state index contributed by atoms with van der Waals surface area (Å²) in [5.74, 6) is -0.835. The number of nitrogens with zero attached hydrogens (tertiary/aromatic N) is 1. The van der Waals surface area contributed by atoms with Crippen molar-refractivity contribution in [1.82, 2.24) is 0 Å². The summed E-state index contributed by atoms with van der Waals surface area (Å²) >= 11 is 0. The van der Waals surface area contributed by atoms with E-state index in [1.165, 1.54) is 0 Å². The van der Waals surface area contributed by atoms with Crippen LogP contribution in [0.15, 0.2) is 4.99 Å². The molecule has 1 aliphatic rings. The fourth-order valence-electron chi connectivity index (χ4n) is 1.72. The summed E-state index contributed by atoms with van der Waals surface area (Å²) in [5, 5.41) is 8.34. The monoisotopic (exact) mass is 183 g/mol. The molecule has 0 aromatic carbocycles. The normalized spacial score (nSPS) is 20.6. The Morgan fingerprint density at radius 2 is 2.08 bits per heavy atom. The second-order valence-electron chi connectivity index (χ2n) is 3.29. The van der Waals surface area contributed by atoms with Crippen LogP contribution in [-0.2, 0) is 9.59 Å². The van der Waals surface area contributed by atoms with Crippen molar-refractivity contribution in [2.24, 2.45) is 10.9 Å². The largest absolute Gasteiger partial charge is 0.477 e. The summed E-state index contributed by atoms with van der Waals surface area (Å²) in [7, 11) is 0. The van der Waals surface area contributed by atoms with Crippen molar-refractivity contribution in [2.45, 2.75) is 31.7 Å². The average Bonchev–Trinajstić information content (AvgIpc) is 2.58. The molecule has 0 heterocycles. The highest BCUT2D eigenvalue weighted by atomic mass is 16.4. The van der Waals surface area contributed by atoms with E-state index < -0.39 is 12.0 Å². The van der Waals surface area contributed by atoms with Crippen LogP contribution in [0.3, 0.4) is 0 Å². The molecule has 1 atom stereocenters. The molecular formula is C9H13NO3. The van der Waals surface area contributed by atoms with E-state index in [2.05, 4.69) is 4.99 Å². The Hall–Kier alpha value is -1.19. The number of carboxylic acids is 1. The molecule has 0 radical (unpaired) electrons. The molecule has 4 heteroatoms. The Balaban J connectivity index is 2.50. The number of aliphatic carboxylic acids is 1. The summed E-state index contributed by atoms with van der Waals surface area (Å²) in [6.07, 6.45) is 5.78. The minimum absolute atomic E-state index is 0.257. The number of aliphatic imine (C=N–C) groups is 1. The topological polar surface area (TPSA) is 66.7 Å². The molecule has 13 heavy (non-hydrogen) atoms. The highest BCUT2D eigenvalue weighted by Crippen LogP contribution is 2.28. The van der Waals surface area contributed by atoms with Gasteiger partial charge in [0.05, 0.1) is 0 Å². The van der Waals surface area contributed by atoms with Crippen LogP contribution < -0.4 is 0 Å². The van der Waals surface area contributed by atoms with E-state index in [1.807, 2.05) is 0 Å². The van der Waals surface area contributed by atoms with Crippen molar-refractivity contribution in [1.29, 1.82) is 0 Å². The molecule has 0 saturated heterocycles. The van der Waals surface area contributed by atoms with E-state index in [-0.39, 0.29) is 5.92 Å². The zero-order valence-electron chi connectivity index (χ0n) is 7.35. The fraction of sp³-hybridized carbons (Fsp3) is 0.667. The molecule has 72 valence electrons. The summed E-state index contributed by atoms with van der Waals surface area (Å²) in [6.45, 7) is 0. The van der Waals surface area contributed by atoms with E-state index in [0.717, 1.165) is 38.2 Å². The van der Waals surface area contributed by atoms with Crippen molar-refractivity contribution in [3.05, 3.63) is 0 Å². The summed E-state index contributed by atoms with van der Waals surface area (Å²) in [4.78, 5) is 24.5. The molecule has 1 N–H and O–H groups in total. The van der Waals surface area contributed by atoms with Crippen LogP contribution in [0.1, 0.15) is 25.7 Å². The lowest BCUT2D eigenvalue weighted by Gasteiger charge is -2.11. The molecule has 0 amide bonds. The second-order valence-corrected chi connectivity index (χ2v) is 3.29. The van der Waals surface area contributed by atoms with Gasteiger partial charge in [-0.15, -0.1) is 0 Å². The zero-order chi connectivity index (χ0) is 9.68. The third-order valence-electron chi connectivity index (χ3n) is 2.38. The van der Waals surface area contributed by atoms with E-state index in [1.54, 1.807) is 0 Å². The maximum atomic E-state index is 10.6. The molecule has 0 bridgehead atoms. The highest BCUT2D eigenvalue weighted by Gasteiger charge is 2.23. The molecule has 1 fully saturated rings. The molecule has 1 aliphatic carbocycles. The Kier molecular flexibility index (Phi) is 3.61. The van der Waals surface area contributed by atoms with Crippen LogP contribution in [-0.4, -0.2) is 29.6 Å². The minimum Gasteiger partial charge on any atom is -0.477 e. The molecular weight excluding hydrogens is 170 g/mol. The lowest BCUT2D eigenvalue weighted by atomic mass is 10.0. The van der Waals surface area contributed by atoms with Gasteiger partial charge in [-0.2, -0.15) is 0 Å². The minimum atomic E-state index is -1.09. The van der Waals surface area contributed by atoms with Crippen molar-refractivity contribution >= 4 is 18.5 Å². The Bertz CT molecular complexity index is 219. The lowest BCUT2D eigenvalue weighted by Crippen LogP contribution is -2.18. The SMILES string of the molecule is O=C[C@@H](N=CC(=O)O)C1CCCC1. The lowest BCUT2D eigenvalue weighted by molar-refractivity contribution is -0.128. The smallest absolute Gasteiger partial charge is 0.346 e. The summed E-state index contributed by atoms with van der Waals surface area (Å²) < 4.78 is 0. The number of aldehydes is 1.